The minimum Gasteiger partial charge on any atom is -0.506 e. The van der Waals surface area contributed by atoms with Gasteiger partial charge in [0.15, 0.2) is 34.9 Å². The predicted molar refractivity (Wildman–Crippen MR) is 280 cm³/mol. The molecule has 4 atom stereocenters. The summed E-state index contributed by atoms with van der Waals surface area (Å²) >= 11 is 3.00. The molecule has 0 radical (unpaired) electrons. The van der Waals surface area contributed by atoms with Crippen LogP contribution in [0, 0.1) is 23.3 Å². The Bertz CT molecular complexity index is 3160. The lowest BCUT2D eigenvalue weighted by Crippen LogP contribution is -2.55. The smallest absolute Gasteiger partial charge is 0.368 e. The topological polar surface area (TPSA) is 282 Å². The number of aliphatic hydroxyl groups excluding tert-OH is 2. The molecule has 24 nitrogen and oxygen atoms in total. The summed E-state index contributed by atoms with van der Waals surface area (Å²) in [5.74, 6) is -3.32. The largest absolute Gasteiger partial charge is 0.506 e. The van der Waals surface area contributed by atoms with Crippen molar-refractivity contribution >= 4 is 50.8 Å². The minimum absolute atomic E-state index is 0.00828. The van der Waals surface area contributed by atoms with Crippen LogP contribution in [0.3, 0.4) is 0 Å². The molecule has 2 aromatic carbocycles. The molecule has 4 aliphatic rings. The number of nitrogens with one attached hydrogen (secondary N) is 4. The number of aryl methyl sites for hydroxylation is 2. The van der Waals surface area contributed by atoms with Gasteiger partial charge in [-0.15, -0.1) is 0 Å². The SMILES string of the molecule is Cn1nnn(-c2cc(Nc3ncc(F)c(N[C@@H]4C[C@@H]5CCCN5C(C)(C)C4)n3)c(F)cc2O)c1=O.Cn1nnn(-c2cc(Nc3ncc(F)c(N[C@@H]4C[C@@H]5CCCN5C(C)(C)C4)n3)c(F)cc2OCCO)c1=O.OCCBr. The first kappa shape index (κ1) is 56.4. The zero-order chi connectivity index (χ0) is 55.3. The van der Waals surface area contributed by atoms with Crippen LogP contribution in [0.1, 0.15) is 79.1 Å². The second-order valence-corrected chi connectivity index (χ2v) is 21.2. The van der Waals surface area contributed by atoms with Crippen LogP contribution in [0.4, 0.5) is 52.5 Å². The van der Waals surface area contributed by atoms with Crippen molar-refractivity contribution in [1.82, 2.24) is 69.3 Å². The molecule has 7 N–H and O–H groups in total. The van der Waals surface area contributed by atoms with Gasteiger partial charge in [-0.1, -0.05) is 15.9 Å². The van der Waals surface area contributed by atoms with Crippen molar-refractivity contribution < 1.29 is 37.6 Å². The average molecular weight is 1140 g/mol. The number of piperidine rings is 2. The molecule has 4 saturated heterocycles. The number of fused-ring (bicyclic) bond motifs is 2. The third-order valence-corrected chi connectivity index (χ3v) is 14.4. The maximum atomic E-state index is 15.0. The quantitative estimate of drug-likeness (QED) is 0.0444. The molecular weight excluding hydrogens is 1080 g/mol. The van der Waals surface area contributed by atoms with Crippen molar-refractivity contribution in [2.75, 3.05) is 59.5 Å². The first-order chi connectivity index (χ1) is 36.7. The Morgan fingerprint density at radius 1 is 0.675 bits per heavy atom. The van der Waals surface area contributed by atoms with E-state index in [9.17, 15) is 27.9 Å². The van der Waals surface area contributed by atoms with E-state index in [1.54, 1.807) is 0 Å². The van der Waals surface area contributed by atoms with Gasteiger partial charge in [0.1, 0.15) is 29.5 Å². The molecule has 77 heavy (non-hydrogen) atoms. The van der Waals surface area contributed by atoms with Gasteiger partial charge in [-0.05, 0) is 125 Å². The number of tetrazole rings is 2. The van der Waals surface area contributed by atoms with E-state index in [-0.39, 0.29) is 95.0 Å². The summed E-state index contributed by atoms with van der Waals surface area (Å²) in [4.78, 5) is 46.1. The van der Waals surface area contributed by atoms with Crippen LogP contribution in [-0.2, 0) is 14.1 Å². The number of phenols is 1. The zero-order valence-corrected chi connectivity index (χ0v) is 45.0. The number of aromatic hydroxyl groups is 1. The number of halogens is 5. The van der Waals surface area contributed by atoms with E-state index < -0.39 is 40.4 Å². The maximum absolute atomic E-state index is 15.0. The third-order valence-electron chi connectivity index (χ3n) is 14.0. The Labute approximate surface area is 448 Å². The highest BCUT2D eigenvalue weighted by Gasteiger charge is 2.44. The number of rotatable bonds is 14. The number of alkyl halides is 1. The van der Waals surface area contributed by atoms with Gasteiger partial charge in [0, 0.05) is 66.8 Å². The molecule has 10 rings (SSSR count). The van der Waals surface area contributed by atoms with E-state index in [0.29, 0.717) is 17.4 Å². The Kier molecular flexibility index (Phi) is 17.4. The molecule has 4 aromatic heterocycles. The molecule has 0 unspecified atom stereocenters. The zero-order valence-electron chi connectivity index (χ0n) is 43.4. The minimum atomic E-state index is -0.819. The molecule has 0 amide bonds. The van der Waals surface area contributed by atoms with Gasteiger partial charge in [0.2, 0.25) is 11.9 Å². The van der Waals surface area contributed by atoms with E-state index in [1.807, 2.05) is 0 Å². The number of aliphatic hydroxyl groups is 2. The molecule has 8 heterocycles. The van der Waals surface area contributed by atoms with Gasteiger partial charge in [-0.2, -0.15) is 28.7 Å². The third kappa shape index (κ3) is 12.8. The van der Waals surface area contributed by atoms with Gasteiger partial charge in [-0.3, -0.25) is 9.80 Å². The molecule has 29 heteroatoms. The highest BCUT2D eigenvalue weighted by molar-refractivity contribution is 9.09. The number of aromatic nitrogens is 12. The van der Waals surface area contributed by atoms with E-state index in [1.165, 1.54) is 26.2 Å². The maximum Gasteiger partial charge on any atom is 0.368 e. The Morgan fingerprint density at radius 3 is 1.57 bits per heavy atom. The van der Waals surface area contributed by atoms with Crippen LogP contribution >= 0.6 is 15.9 Å². The summed E-state index contributed by atoms with van der Waals surface area (Å²) in [5, 5.41) is 54.4. The molecule has 0 spiro atoms. The van der Waals surface area contributed by atoms with Crippen LogP contribution in [0.2, 0.25) is 0 Å². The van der Waals surface area contributed by atoms with E-state index in [4.69, 9.17) is 14.9 Å². The first-order valence-corrected chi connectivity index (χ1v) is 26.2. The molecule has 6 aromatic rings. The molecule has 4 fully saturated rings. The highest BCUT2D eigenvalue weighted by Crippen LogP contribution is 2.41. The number of ether oxygens (including phenoxy) is 1. The fourth-order valence-electron chi connectivity index (χ4n) is 10.7. The van der Waals surface area contributed by atoms with Gasteiger partial charge in [0.05, 0.1) is 37.0 Å². The van der Waals surface area contributed by atoms with Crippen LogP contribution < -0.4 is 37.4 Å². The van der Waals surface area contributed by atoms with Gasteiger partial charge in [0.25, 0.3) is 0 Å². The first-order valence-electron chi connectivity index (χ1n) is 25.1. The molecule has 416 valence electrons. The van der Waals surface area contributed by atoms with Crippen LogP contribution in [0.15, 0.2) is 46.2 Å². The van der Waals surface area contributed by atoms with Gasteiger partial charge >= 0.3 is 11.4 Å². The summed E-state index contributed by atoms with van der Waals surface area (Å²) in [6.45, 7) is 10.8. The number of phenolic OH excluding ortho intramolecular Hbond substituents is 1. The van der Waals surface area contributed by atoms with Gasteiger partial charge in [-0.25, -0.2) is 37.1 Å². The van der Waals surface area contributed by atoms with Crippen molar-refractivity contribution in [2.24, 2.45) is 14.1 Å². The Morgan fingerprint density at radius 2 is 1.13 bits per heavy atom. The lowest BCUT2D eigenvalue weighted by molar-refractivity contribution is 0.0498. The summed E-state index contributed by atoms with van der Waals surface area (Å²) in [5.41, 5.74) is -1.45. The van der Waals surface area contributed by atoms with Crippen LogP contribution in [0.25, 0.3) is 11.4 Å². The predicted octanol–water partition coefficient (Wildman–Crippen LogP) is 4.64. The monoisotopic (exact) mass is 1140 g/mol. The van der Waals surface area contributed by atoms with Crippen molar-refractivity contribution in [3.8, 4) is 22.9 Å². The van der Waals surface area contributed by atoms with Crippen LogP contribution in [-0.4, -0.2) is 158 Å². The number of anilines is 6. The number of hydrogen-bond donors (Lipinski definition) is 7. The molecule has 0 aliphatic carbocycles. The van der Waals surface area contributed by atoms with E-state index in [2.05, 4.69) is 115 Å². The molecular formula is C48H63BrF4N18O6. The molecule has 0 saturated carbocycles. The number of nitrogens with zero attached hydrogens (tertiary/aromatic N) is 14. The molecule has 0 bridgehead atoms. The lowest BCUT2D eigenvalue weighted by Gasteiger charge is -2.47. The molecule has 4 aliphatic heterocycles. The van der Waals surface area contributed by atoms with E-state index in [0.717, 1.165) is 108 Å². The Balaban J connectivity index is 0.000000191. The lowest BCUT2D eigenvalue weighted by atomic mass is 9.84. The second kappa shape index (κ2) is 23.8. The van der Waals surface area contributed by atoms with E-state index >= 15 is 4.39 Å². The summed E-state index contributed by atoms with van der Waals surface area (Å²) in [6.07, 6.45) is 10.0. The fourth-order valence-corrected chi connectivity index (χ4v) is 10.7. The highest BCUT2D eigenvalue weighted by atomic mass is 79.9. The van der Waals surface area contributed by atoms with Gasteiger partial charge < -0.3 is 41.3 Å². The normalized spacial score (nSPS) is 20.5. The Hall–Kier alpha value is -6.82. The summed E-state index contributed by atoms with van der Waals surface area (Å²) in [6, 6.07) is 5.30. The van der Waals surface area contributed by atoms with Crippen molar-refractivity contribution in [2.45, 2.75) is 114 Å². The standard InChI is InChI=1S/C24H31F2N9O3.C22H27F2N9O2.C2H5BrO/c1-24(2)12-14(9-15-5-4-6-34(15)24)28-21-17(26)13-27-22(30-21)29-18-11-19(35-23(37)33(3)31-32-35)20(10-16(18)25)38-8-7-36;1-22(2)10-12(7-13-5-4-6-32(13)22)26-19-15(24)11-25-20(28-19)27-16-9-17(18(34)8-14(16)23)33-21(35)31(3)29-30-33;3-1-2-4/h10-11,13-15,36H,4-9,12H2,1-3H3,(H2,27,28,29,30);8-9,11-13,34H,4-7,10H2,1-3H3,(H2,25,26,27,28);4H,1-2H2/t14-,15+;12-,13+;/m11./s1. The van der Waals surface area contributed by atoms with Crippen molar-refractivity contribution in [3.63, 3.8) is 0 Å². The van der Waals surface area contributed by atoms with Crippen molar-refractivity contribution in [3.05, 3.63) is 80.9 Å². The number of benzene rings is 2. The summed E-state index contributed by atoms with van der Waals surface area (Å²) in [7, 11) is 2.81. The number of hydrogen-bond acceptors (Lipinski definition) is 20. The van der Waals surface area contributed by atoms with Crippen molar-refractivity contribution in [1.29, 1.82) is 0 Å². The summed E-state index contributed by atoms with van der Waals surface area (Å²) < 4.78 is 68.1. The second-order valence-electron chi connectivity index (χ2n) is 20.4. The van der Waals surface area contributed by atoms with Crippen LogP contribution in [0.5, 0.6) is 11.5 Å². The fraction of sp³-hybridized carbons (Fsp3) is 0.542. The average Bonchev–Trinajstić information content (AvgIpc) is 4.21.